The zero-order valence-electron chi connectivity index (χ0n) is 14.3. The summed E-state index contributed by atoms with van der Waals surface area (Å²) in [5.41, 5.74) is -0.490. The Hall–Kier alpha value is -0.880. The summed E-state index contributed by atoms with van der Waals surface area (Å²) in [5, 5.41) is 0. The van der Waals surface area contributed by atoms with Crippen LogP contribution in [0.25, 0.3) is 0 Å². The fourth-order valence-corrected chi connectivity index (χ4v) is 3.90. The second-order valence-electron chi connectivity index (χ2n) is 5.25. The van der Waals surface area contributed by atoms with Crippen molar-refractivity contribution >= 4 is 7.60 Å². The summed E-state index contributed by atoms with van der Waals surface area (Å²) in [6.07, 6.45) is -4.61. The maximum atomic E-state index is 12.8. The molecule has 0 spiro atoms. The smallest absolute Gasteiger partial charge is 0.309 e. The molecule has 8 heteroatoms. The molecule has 0 N–H and O–H groups in total. The third kappa shape index (κ3) is 6.93. The normalized spacial score (nSPS) is 14.8. The van der Waals surface area contributed by atoms with Gasteiger partial charge in [-0.1, -0.05) is 32.0 Å². The van der Waals surface area contributed by atoms with Gasteiger partial charge in [-0.05, 0) is 31.6 Å². The third-order valence-corrected chi connectivity index (χ3v) is 5.53. The molecule has 4 nitrogen and oxygen atoms in total. The molecule has 0 heterocycles. The number of alkyl halides is 3. The molecule has 0 aliphatic rings. The van der Waals surface area contributed by atoms with Crippen LogP contribution in [-0.2, 0) is 26.0 Å². The van der Waals surface area contributed by atoms with Crippen molar-refractivity contribution < 1.29 is 26.8 Å². The predicted octanol–water partition coefficient (Wildman–Crippen LogP) is 4.79. The molecule has 1 atom stereocenters. The summed E-state index contributed by atoms with van der Waals surface area (Å²) in [4.78, 5) is 2.10. The lowest BCUT2D eigenvalue weighted by Crippen LogP contribution is -2.26. The Morgan fingerprint density at radius 3 is 2.33 bits per heavy atom. The van der Waals surface area contributed by atoms with Gasteiger partial charge < -0.3 is 13.9 Å². The third-order valence-electron chi connectivity index (χ3n) is 3.55. The van der Waals surface area contributed by atoms with Crippen molar-refractivity contribution in [1.82, 2.24) is 4.90 Å². The molecule has 0 saturated carbocycles. The van der Waals surface area contributed by atoms with Crippen molar-refractivity contribution in [3.05, 3.63) is 35.4 Å². The van der Waals surface area contributed by atoms with E-state index < -0.39 is 19.3 Å². The topological polar surface area (TPSA) is 38.8 Å². The van der Waals surface area contributed by atoms with Gasteiger partial charge in [0.15, 0.2) is 0 Å². The highest BCUT2D eigenvalue weighted by Crippen LogP contribution is 2.51. The van der Waals surface area contributed by atoms with Crippen molar-refractivity contribution in [2.24, 2.45) is 0 Å². The Bertz CT molecular complexity index is 548. The van der Waals surface area contributed by atoms with Gasteiger partial charge in [-0.2, -0.15) is 13.2 Å². The zero-order valence-corrected chi connectivity index (χ0v) is 15.2. The molecule has 24 heavy (non-hydrogen) atoms. The van der Waals surface area contributed by atoms with E-state index in [1.807, 2.05) is 13.8 Å². The van der Waals surface area contributed by atoms with Crippen molar-refractivity contribution in [2.75, 3.05) is 32.8 Å². The number of nitrogens with zero attached hydrogens (tertiary/aromatic N) is 1. The Kier molecular flexibility index (Phi) is 8.43. The van der Waals surface area contributed by atoms with Crippen LogP contribution in [0.4, 0.5) is 13.2 Å². The molecule has 1 aromatic carbocycles. The van der Waals surface area contributed by atoms with Crippen LogP contribution in [0.5, 0.6) is 0 Å². The zero-order chi connectivity index (χ0) is 18.2. The Balaban J connectivity index is 2.79. The van der Waals surface area contributed by atoms with Crippen LogP contribution in [-0.4, -0.2) is 37.7 Å². The van der Waals surface area contributed by atoms with Crippen molar-refractivity contribution in [2.45, 2.75) is 33.1 Å². The molecule has 0 aliphatic heterocycles. The molecule has 0 radical (unpaired) electrons. The molecule has 138 valence electrons. The number of hydrogen-bond acceptors (Lipinski definition) is 4. The van der Waals surface area contributed by atoms with Gasteiger partial charge >= 0.3 is 13.8 Å². The fraction of sp³-hybridized carbons (Fsp3) is 0.625. The summed E-state index contributed by atoms with van der Waals surface area (Å²) in [5.74, 6) is 0. The summed E-state index contributed by atoms with van der Waals surface area (Å²) in [7, 11) is -3.48. The summed E-state index contributed by atoms with van der Waals surface area (Å²) < 4.78 is 61.8. The van der Waals surface area contributed by atoms with E-state index in [0.29, 0.717) is 6.54 Å². The van der Waals surface area contributed by atoms with E-state index in [0.717, 1.165) is 25.2 Å². The SMILES string of the molecule is CCOP(=O)(Cc1cccc(C(F)(F)F)c1)OCCN(CC)CC. The van der Waals surface area contributed by atoms with E-state index in [9.17, 15) is 17.7 Å². The molecular formula is C16H25F3NO3P. The molecule has 1 unspecified atom stereocenters. The van der Waals surface area contributed by atoms with Crippen LogP contribution in [0, 0.1) is 0 Å². The van der Waals surface area contributed by atoms with Crippen molar-refractivity contribution in [1.29, 1.82) is 0 Å². The Morgan fingerprint density at radius 1 is 1.12 bits per heavy atom. The highest BCUT2D eigenvalue weighted by Gasteiger charge is 2.31. The predicted molar refractivity (Wildman–Crippen MR) is 88.1 cm³/mol. The van der Waals surface area contributed by atoms with Gasteiger partial charge in [-0.3, -0.25) is 4.57 Å². The van der Waals surface area contributed by atoms with E-state index in [2.05, 4.69) is 4.90 Å². The van der Waals surface area contributed by atoms with Crippen LogP contribution >= 0.6 is 7.60 Å². The van der Waals surface area contributed by atoms with Gasteiger partial charge in [0.05, 0.1) is 24.9 Å². The Morgan fingerprint density at radius 2 is 1.79 bits per heavy atom. The molecule has 1 aromatic rings. The molecular weight excluding hydrogens is 342 g/mol. The van der Waals surface area contributed by atoms with Crippen LogP contribution in [0.3, 0.4) is 0 Å². The van der Waals surface area contributed by atoms with Gasteiger partial charge in [0.25, 0.3) is 0 Å². The van der Waals surface area contributed by atoms with Gasteiger partial charge in [0.2, 0.25) is 0 Å². The van der Waals surface area contributed by atoms with Crippen LogP contribution in [0.1, 0.15) is 31.9 Å². The number of hydrogen-bond donors (Lipinski definition) is 0. The first-order valence-corrected chi connectivity index (χ1v) is 9.73. The van der Waals surface area contributed by atoms with Gasteiger partial charge in [0.1, 0.15) is 0 Å². The van der Waals surface area contributed by atoms with E-state index >= 15 is 0 Å². The maximum Gasteiger partial charge on any atom is 0.416 e. The first-order valence-electron chi connectivity index (χ1n) is 8.00. The number of halogens is 3. The summed E-state index contributed by atoms with van der Waals surface area (Å²) >= 11 is 0. The quantitative estimate of drug-likeness (QED) is 0.557. The van der Waals surface area contributed by atoms with Gasteiger partial charge in [-0.25, -0.2) is 0 Å². The lowest BCUT2D eigenvalue weighted by atomic mass is 10.1. The van der Waals surface area contributed by atoms with Crippen LogP contribution in [0.2, 0.25) is 0 Å². The number of likely N-dealkylation sites (N-methyl/N-ethyl adjacent to an activating group) is 1. The molecule has 0 aromatic heterocycles. The maximum absolute atomic E-state index is 12.8. The van der Waals surface area contributed by atoms with E-state index in [1.54, 1.807) is 6.92 Å². The molecule has 0 aliphatic carbocycles. The first-order chi connectivity index (χ1) is 11.2. The van der Waals surface area contributed by atoms with Crippen LogP contribution < -0.4 is 0 Å². The lowest BCUT2D eigenvalue weighted by Gasteiger charge is -2.22. The molecule has 0 saturated heterocycles. The molecule has 0 amide bonds. The minimum absolute atomic E-state index is 0.168. The van der Waals surface area contributed by atoms with Crippen LogP contribution in [0.15, 0.2) is 24.3 Å². The number of benzene rings is 1. The lowest BCUT2D eigenvalue weighted by molar-refractivity contribution is -0.137. The number of rotatable bonds is 10. The molecule has 1 rings (SSSR count). The summed E-state index contributed by atoms with van der Waals surface area (Å²) in [6, 6.07) is 4.76. The standard InChI is InChI=1S/C16H25F3NO3P/c1-4-20(5-2)10-11-23-24(21,22-6-3)13-14-8-7-9-15(12-14)16(17,18)19/h7-9,12H,4-6,10-11,13H2,1-3H3. The van der Waals surface area contributed by atoms with Crippen molar-refractivity contribution in [3.8, 4) is 0 Å². The van der Waals surface area contributed by atoms with Crippen molar-refractivity contribution in [3.63, 3.8) is 0 Å². The molecule has 0 fully saturated rings. The van der Waals surface area contributed by atoms with E-state index in [-0.39, 0.29) is 24.9 Å². The van der Waals surface area contributed by atoms with Gasteiger partial charge in [0, 0.05) is 6.54 Å². The highest BCUT2D eigenvalue weighted by molar-refractivity contribution is 7.53. The minimum Gasteiger partial charge on any atom is -0.309 e. The van der Waals surface area contributed by atoms with E-state index in [4.69, 9.17) is 9.05 Å². The Labute approximate surface area is 141 Å². The average Bonchev–Trinajstić information content (AvgIpc) is 2.51. The first kappa shape index (κ1) is 21.2. The second kappa shape index (κ2) is 9.56. The minimum atomic E-state index is -4.44. The molecule has 0 bridgehead atoms. The highest BCUT2D eigenvalue weighted by atomic mass is 31.2. The largest absolute Gasteiger partial charge is 0.416 e. The monoisotopic (exact) mass is 367 g/mol. The van der Waals surface area contributed by atoms with E-state index in [1.165, 1.54) is 12.1 Å². The fourth-order valence-electron chi connectivity index (χ4n) is 2.24. The average molecular weight is 367 g/mol. The summed E-state index contributed by atoms with van der Waals surface area (Å²) in [6.45, 7) is 8.33. The second-order valence-corrected chi connectivity index (χ2v) is 7.30. The van der Waals surface area contributed by atoms with Gasteiger partial charge in [-0.15, -0.1) is 0 Å².